The van der Waals surface area contributed by atoms with Crippen LogP contribution in [0.15, 0.2) is 31.8 Å². The van der Waals surface area contributed by atoms with E-state index in [-0.39, 0.29) is 6.04 Å². The largest absolute Gasteiger partial charge is 0.176 e. The average Bonchev–Trinajstić information content (AvgIpc) is 2.59. The van der Waals surface area contributed by atoms with E-state index in [1.165, 1.54) is 16.2 Å². The molecule has 0 fully saturated rings. The van der Waals surface area contributed by atoms with Gasteiger partial charge in [-0.1, -0.05) is 39.5 Å². The Morgan fingerprint density at radius 1 is 1.21 bits per heavy atom. The third kappa shape index (κ3) is 1.44. The van der Waals surface area contributed by atoms with E-state index in [1.54, 1.807) is 0 Å². The van der Waals surface area contributed by atoms with Gasteiger partial charge in [-0.3, -0.25) is 0 Å². The standard InChI is InChI=1S/C11H16N2S/c1-6(2)8-5-14-11-9(7(3)4)12-13-10(8)11/h5-7,10H,1-4H3. The van der Waals surface area contributed by atoms with Crippen molar-refractivity contribution in [2.24, 2.45) is 22.1 Å². The molecule has 0 N–H and O–H groups in total. The van der Waals surface area contributed by atoms with Gasteiger partial charge < -0.3 is 0 Å². The van der Waals surface area contributed by atoms with Gasteiger partial charge in [0.2, 0.25) is 0 Å². The van der Waals surface area contributed by atoms with Crippen molar-refractivity contribution >= 4 is 11.8 Å². The molecule has 0 aliphatic carbocycles. The Bertz CT molecular complexity index is 337. The molecule has 2 aliphatic rings. The van der Waals surface area contributed by atoms with Crippen molar-refractivity contribution in [3.63, 3.8) is 0 Å². The number of nitrogens with zero attached hydrogens (tertiary/aromatic N) is 2. The highest BCUT2D eigenvalue weighted by Gasteiger charge is 2.33. The topological polar surface area (TPSA) is 24.7 Å². The number of rotatable bonds is 2. The number of azo groups is 1. The Balaban J connectivity index is 2.29. The Morgan fingerprint density at radius 3 is 2.50 bits per heavy atom. The van der Waals surface area contributed by atoms with E-state index >= 15 is 0 Å². The smallest absolute Gasteiger partial charge is 0.126 e. The first-order valence-electron chi connectivity index (χ1n) is 5.12. The van der Waals surface area contributed by atoms with Crippen molar-refractivity contribution in [2.45, 2.75) is 33.7 Å². The summed E-state index contributed by atoms with van der Waals surface area (Å²) in [6.45, 7) is 8.80. The zero-order chi connectivity index (χ0) is 10.3. The van der Waals surface area contributed by atoms with E-state index in [0.717, 1.165) is 0 Å². The maximum atomic E-state index is 4.36. The van der Waals surface area contributed by atoms with Crippen LogP contribution in [0.4, 0.5) is 0 Å². The van der Waals surface area contributed by atoms with Crippen LogP contribution in [-0.4, -0.2) is 6.04 Å². The molecule has 1 atom stereocenters. The SMILES string of the molecule is CC(C)C1=CSC2=C(C(C)C)N=NC12. The minimum absolute atomic E-state index is 0.261. The first-order valence-corrected chi connectivity index (χ1v) is 6.00. The molecule has 0 aromatic heterocycles. The zero-order valence-corrected chi connectivity index (χ0v) is 9.93. The van der Waals surface area contributed by atoms with Crippen molar-refractivity contribution in [3.8, 4) is 0 Å². The fourth-order valence-electron chi connectivity index (χ4n) is 1.75. The molecule has 0 aromatic carbocycles. The molecule has 0 saturated heterocycles. The third-order valence-electron chi connectivity index (χ3n) is 2.63. The molecule has 0 aromatic rings. The highest BCUT2D eigenvalue weighted by Crippen LogP contribution is 2.46. The maximum absolute atomic E-state index is 4.36. The van der Waals surface area contributed by atoms with Crippen LogP contribution in [0.1, 0.15) is 27.7 Å². The van der Waals surface area contributed by atoms with Gasteiger partial charge in [0.25, 0.3) is 0 Å². The summed E-state index contributed by atoms with van der Waals surface area (Å²) >= 11 is 1.82. The fourth-order valence-corrected chi connectivity index (χ4v) is 3.13. The minimum atomic E-state index is 0.261. The lowest BCUT2D eigenvalue weighted by atomic mass is 9.97. The molecule has 0 spiro atoms. The molecular formula is C11H16N2S. The van der Waals surface area contributed by atoms with Gasteiger partial charge in [0, 0.05) is 4.91 Å². The quantitative estimate of drug-likeness (QED) is 0.673. The van der Waals surface area contributed by atoms with Gasteiger partial charge >= 0.3 is 0 Å². The summed E-state index contributed by atoms with van der Waals surface area (Å²) in [4.78, 5) is 1.36. The first-order chi connectivity index (χ1) is 6.61. The number of fused-ring (bicyclic) bond motifs is 1. The number of allylic oxidation sites excluding steroid dienone is 1. The Morgan fingerprint density at radius 2 is 1.93 bits per heavy atom. The van der Waals surface area contributed by atoms with Gasteiger partial charge in [-0.15, -0.1) is 0 Å². The maximum Gasteiger partial charge on any atom is 0.126 e. The second-order valence-corrected chi connectivity index (χ2v) is 5.32. The van der Waals surface area contributed by atoms with Crippen molar-refractivity contribution < 1.29 is 0 Å². The summed E-state index contributed by atoms with van der Waals surface area (Å²) in [6, 6.07) is 0.261. The second kappa shape index (κ2) is 3.54. The average molecular weight is 208 g/mol. The lowest BCUT2D eigenvalue weighted by molar-refractivity contribution is 0.702. The molecule has 0 bridgehead atoms. The van der Waals surface area contributed by atoms with Crippen molar-refractivity contribution in [1.82, 2.24) is 0 Å². The molecule has 2 heterocycles. The monoisotopic (exact) mass is 208 g/mol. The van der Waals surface area contributed by atoms with Crippen LogP contribution >= 0.6 is 11.8 Å². The van der Waals surface area contributed by atoms with Gasteiger partial charge in [-0.05, 0) is 22.8 Å². The van der Waals surface area contributed by atoms with Gasteiger partial charge in [-0.2, -0.15) is 10.2 Å². The van der Waals surface area contributed by atoms with Crippen LogP contribution in [0.25, 0.3) is 0 Å². The van der Waals surface area contributed by atoms with Crippen molar-refractivity contribution in [1.29, 1.82) is 0 Å². The summed E-state index contributed by atoms with van der Waals surface area (Å²) in [7, 11) is 0. The number of thioether (sulfide) groups is 1. The Hall–Kier alpha value is -0.570. The van der Waals surface area contributed by atoms with Crippen LogP contribution < -0.4 is 0 Å². The number of hydrogen-bond donors (Lipinski definition) is 0. The molecule has 2 rings (SSSR count). The predicted octanol–water partition coefficient (Wildman–Crippen LogP) is 3.98. The van der Waals surface area contributed by atoms with E-state index in [4.69, 9.17) is 0 Å². The fraction of sp³-hybridized carbons (Fsp3) is 0.636. The lowest BCUT2D eigenvalue weighted by Gasteiger charge is -2.10. The molecule has 2 aliphatic heterocycles. The summed E-state index contributed by atoms with van der Waals surface area (Å²) in [5, 5.41) is 10.9. The zero-order valence-electron chi connectivity index (χ0n) is 9.11. The van der Waals surface area contributed by atoms with E-state index in [9.17, 15) is 0 Å². The molecule has 1 unspecified atom stereocenters. The molecule has 3 heteroatoms. The van der Waals surface area contributed by atoms with Gasteiger partial charge in [-0.25, -0.2) is 0 Å². The highest BCUT2D eigenvalue weighted by molar-refractivity contribution is 8.06. The Labute approximate surface area is 89.6 Å². The molecule has 0 saturated carbocycles. The van der Waals surface area contributed by atoms with Crippen LogP contribution in [0.2, 0.25) is 0 Å². The van der Waals surface area contributed by atoms with E-state index < -0.39 is 0 Å². The molecule has 0 radical (unpaired) electrons. The third-order valence-corrected chi connectivity index (χ3v) is 3.71. The minimum Gasteiger partial charge on any atom is -0.176 e. The predicted molar refractivity (Wildman–Crippen MR) is 61.0 cm³/mol. The highest BCUT2D eigenvalue weighted by atomic mass is 32.2. The van der Waals surface area contributed by atoms with E-state index in [2.05, 4.69) is 43.3 Å². The van der Waals surface area contributed by atoms with Gasteiger partial charge in [0.15, 0.2) is 0 Å². The molecule has 0 amide bonds. The summed E-state index contributed by atoms with van der Waals surface area (Å²) in [5.74, 6) is 1.07. The summed E-state index contributed by atoms with van der Waals surface area (Å²) in [6.07, 6.45) is 0. The molecular weight excluding hydrogens is 192 g/mol. The molecule has 76 valence electrons. The van der Waals surface area contributed by atoms with Crippen LogP contribution in [0.5, 0.6) is 0 Å². The summed E-state index contributed by atoms with van der Waals surface area (Å²) < 4.78 is 0. The van der Waals surface area contributed by atoms with Crippen molar-refractivity contribution in [3.05, 3.63) is 21.6 Å². The second-order valence-electron chi connectivity index (χ2n) is 4.41. The normalized spacial score (nSPS) is 25.3. The van der Waals surface area contributed by atoms with E-state index in [1.807, 2.05) is 11.8 Å². The lowest BCUT2D eigenvalue weighted by Crippen LogP contribution is -2.08. The molecule has 14 heavy (non-hydrogen) atoms. The first kappa shape index (κ1) is 9.97. The summed E-state index contributed by atoms with van der Waals surface area (Å²) in [5.41, 5.74) is 2.61. The van der Waals surface area contributed by atoms with Crippen LogP contribution in [-0.2, 0) is 0 Å². The van der Waals surface area contributed by atoms with E-state index in [0.29, 0.717) is 11.8 Å². The molecule has 2 nitrogen and oxygen atoms in total. The van der Waals surface area contributed by atoms with Gasteiger partial charge in [0.1, 0.15) is 6.04 Å². The Kier molecular flexibility index (Phi) is 2.52. The van der Waals surface area contributed by atoms with Crippen molar-refractivity contribution in [2.75, 3.05) is 0 Å². The van der Waals surface area contributed by atoms with Crippen LogP contribution in [0.3, 0.4) is 0 Å². The number of hydrogen-bond acceptors (Lipinski definition) is 3. The van der Waals surface area contributed by atoms with Gasteiger partial charge in [0.05, 0.1) is 5.70 Å². The van der Waals surface area contributed by atoms with Crippen LogP contribution in [0, 0.1) is 11.8 Å².